The van der Waals surface area contributed by atoms with Crippen LogP contribution in [0.5, 0.6) is 0 Å². The van der Waals surface area contributed by atoms with Gasteiger partial charge in [0.2, 0.25) is 5.91 Å². The van der Waals surface area contributed by atoms with E-state index >= 15 is 0 Å². The first-order valence-corrected chi connectivity index (χ1v) is 10.4. The van der Waals surface area contributed by atoms with Gasteiger partial charge in [0.15, 0.2) is 0 Å². The predicted octanol–water partition coefficient (Wildman–Crippen LogP) is 3.28. The molecular formula is C23H30N4O. The number of nitrogens with zero attached hydrogens (tertiary/aromatic N) is 3. The highest BCUT2D eigenvalue weighted by Crippen LogP contribution is 2.45. The number of piperidine rings is 2. The van der Waals surface area contributed by atoms with Crippen LogP contribution in [0.2, 0.25) is 0 Å². The Balaban J connectivity index is 1.49. The zero-order valence-corrected chi connectivity index (χ0v) is 16.7. The van der Waals surface area contributed by atoms with Gasteiger partial charge in [-0.05, 0) is 54.8 Å². The lowest BCUT2D eigenvalue weighted by molar-refractivity contribution is 0.0543. The highest BCUT2D eigenvalue weighted by molar-refractivity contribution is 5.93. The molecule has 28 heavy (non-hydrogen) atoms. The minimum atomic E-state index is -0.395. The number of primary amides is 1. The van der Waals surface area contributed by atoms with E-state index in [1.807, 2.05) is 6.07 Å². The number of hydrogen-bond donors (Lipinski definition) is 1. The van der Waals surface area contributed by atoms with E-state index in [1.54, 1.807) is 12.3 Å². The van der Waals surface area contributed by atoms with Crippen LogP contribution in [0.3, 0.4) is 0 Å². The van der Waals surface area contributed by atoms with Crippen LogP contribution in [-0.2, 0) is 0 Å². The van der Waals surface area contributed by atoms with Gasteiger partial charge in [0.25, 0.3) is 0 Å². The van der Waals surface area contributed by atoms with E-state index in [-0.39, 0.29) is 0 Å². The van der Waals surface area contributed by atoms with Crippen molar-refractivity contribution in [1.29, 1.82) is 0 Å². The summed E-state index contributed by atoms with van der Waals surface area (Å²) in [6.07, 6.45) is 5.27. The van der Waals surface area contributed by atoms with Gasteiger partial charge in [-0.3, -0.25) is 4.79 Å². The molecule has 5 nitrogen and oxygen atoms in total. The van der Waals surface area contributed by atoms with E-state index in [9.17, 15) is 4.79 Å². The Morgan fingerprint density at radius 2 is 1.96 bits per heavy atom. The normalized spacial score (nSPS) is 22.3. The lowest BCUT2D eigenvalue weighted by atomic mass is 9.68. The van der Waals surface area contributed by atoms with Gasteiger partial charge in [0, 0.05) is 37.9 Å². The van der Waals surface area contributed by atoms with Crippen molar-refractivity contribution in [3.8, 4) is 0 Å². The lowest BCUT2D eigenvalue weighted by Gasteiger charge is -2.50. The van der Waals surface area contributed by atoms with Crippen molar-refractivity contribution >= 4 is 11.7 Å². The number of anilines is 1. The molecule has 1 aromatic carbocycles. The fraction of sp³-hybridized carbons (Fsp3) is 0.478. The number of likely N-dealkylation sites (tertiary alicyclic amines) is 1. The Kier molecular flexibility index (Phi) is 5.36. The van der Waals surface area contributed by atoms with E-state index < -0.39 is 5.91 Å². The number of carbonyl (C=O) groups is 1. The molecule has 2 aromatic rings. The fourth-order valence-corrected chi connectivity index (χ4v) is 5.01. The summed E-state index contributed by atoms with van der Waals surface area (Å²) in [5.41, 5.74) is 7.80. The molecule has 3 heterocycles. The van der Waals surface area contributed by atoms with Crippen LogP contribution in [-0.4, -0.2) is 48.5 Å². The first kappa shape index (κ1) is 18.9. The van der Waals surface area contributed by atoms with Gasteiger partial charge in [-0.25, -0.2) is 4.98 Å². The number of rotatable bonds is 4. The minimum Gasteiger partial charge on any atom is -0.366 e. The Bertz CT molecular complexity index is 814. The molecule has 148 valence electrons. The molecule has 0 bridgehead atoms. The molecule has 1 spiro atoms. The molecule has 2 aliphatic heterocycles. The summed E-state index contributed by atoms with van der Waals surface area (Å²) in [7, 11) is 0. The smallest absolute Gasteiger partial charge is 0.248 e. The van der Waals surface area contributed by atoms with Crippen molar-refractivity contribution in [2.75, 3.05) is 37.6 Å². The number of nitrogens with two attached hydrogens (primary N) is 1. The first-order valence-electron chi connectivity index (χ1n) is 10.4. The van der Waals surface area contributed by atoms with Gasteiger partial charge in [0.05, 0.1) is 0 Å². The van der Waals surface area contributed by atoms with Crippen LogP contribution in [0.25, 0.3) is 0 Å². The maximum Gasteiger partial charge on any atom is 0.248 e. The van der Waals surface area contributed by atoms with Crippen molar-refractivity contribution in [3.05, 3.63) is 59.8 Å². The molecule has 2 N–H and O–H groups in total. The number of hydrogen-bond acceptors (Lipinski definition) is 4. The highest BCUT2D eigenvalue weighted by Gasteiger charge is 2.42. The van der Waals surface area contributed by atoms with Crippen LogP contribution in [0.1, 0.15) is 48.0 Å². The van der Waals surface area contributed by atoms with Gasteiger partial charge < -0.3 is 15.5 Å². The number of benzene rings is 1. The van der Waals surface area contributed by atoms with E-state index in [4.69, 9.17) is 5.73 Å². The molecule has 0 saturated carbocycles. The average molecular weight is 379 g/mol. The van der Waals surface area contributed by atoms with Gasteiger partial charge in [-0.2, -0.15) is 0 Å². The van der Waals surface area contributed by atoms with Crippen molar-refractivity contribution in [2.45, 2.75) is 32.1 Å². The van der Waals surface area contributed by atoms with Gasteiger partial charge in [-0.15, -0.1) is 0 Å². The molecule has 1 atom stereocenters. The summed E-state index contributed by atoms with van der Waals surface area (Å²) in [4.78, 5) is 20.9. The second-order valence-electron chi connectivity index (χ2n) is 8.39. The molecule has 2 aliphatic rings. The number of aromatic nitrogens is 1. The largest absolute Gasteiger partial charge is 0.366 e. The van der Waals surface area contributed by atoms with Crippen molar-refractivity contribution in [2.24, 2.45) is 11.1 Å². The van der Waals surface area contributed by atoms with Crippen LogP contribution in [0, 0.1) is 5.41 Å². The van der Waals surface area contributed by atoms with Crippen LogP contribution >= 0.6 is 0 Å². The Morgan fingerprint density at radius 1 is 1.21 bits per heavy atom. The molecule has 0 unspecified atom stereocenters. The third-order valence-electron chi connectivity index (χ3n) is 6.61. The molecule has 1 aromatic heterocycles. The van der Waals surface area contributed by atoms with Gasteiger partial charge >= 0.3 is 0 Å². The van der Waals surface area contributed by atoms with Crippen molar-refractivity contribution < 1.29 is 4.79 Å². The molecule has 2 fully saturated rings. The second kappa shape index (κ2) is 7.92. The SMILES string of the molecule is CCN1C[C@@H](c2ccccc2)CC2(CCN(c3cc(C(N)=O)ccn3)CC2)C1. The molecule has 0 aliphatic carbocycles. The quantitative estimate of drug-likeness (QED) is 0.887. The van der Waals surface area contributed by atoms with Crippen LogP contribution in [0.4, 0.5) is 5.82 Å². The third kappa shape index (κ3) is 3.90. The highest BCUT2D eigenvalue weighted by atomic mass is 16.1. The lowest BCUT2D eigenvalue weighted by Crippen LogP contribution is -2.51. The first-order chi connectivity index (χ1) is 13.6. The number of likely N-dealkylation sites (N-methyl/N-ethyl adjacent to an activating group) is 1. The molecule has 0 radical (unpaired) electrons. The Labute approximate surface area is 167 Å². The second-order valence-corrected chi connectivity index (χ2v) is 8.39. The molecule has 4 rings (SSSR count). The van der Waals surface area contributed by atoms with Crippen LogP contribution < -0.4 is 10.6 Å². The van der Waals surface area contributed by atoms with Gasteiger partial charge in [0.1, 0.15) is 5.82 Å². The van der Waals surface area contributed by atoms with Gasteiger partial charge in [-0.1, -0.05) is 37.3 Å². The monoisotopic (exact) mass is 378 g/mol. The van der Waals surface area contributed by atoms with E-state index in [0.717, 1.165) is 44.8 Å². The number of amides is 1. The third-order valence-corrected chi connectivity index (χ3v) is 6.61. The molecule has 2 saturated heterocycles. The molecular weight excluding hydrogens is 348 g/mol. The molecule has 1 amide bonds. The van der Waals surface area contributed by atoms with Crippen molar-refractivity contribution in [3.63, 3.8) is 0 Å². The average Bonchev–Trinajstić information content (AvgIpc) is 2.74. The summed E-state index contributed by atoms with van der Waals surface area (Å²) in [6, 6.07) is 14.5. The van der Waals surface area contributed by atoms with Crippen molar-refractivity contribution in [1.82, 2.24) is 9.88 Å². The van der Waals surface area contributed by atoms with E-state index in [0.29, 0.717) is 16.9 Å². The van der Waals surface area contributed by atoms with E-state index in [1.165, 1.54) is 18.5 Å². The standard InChI is InChI=1S/C23H30N4O/c1-2-26-16-20(18-6-4-3-5-7-18)15-23(17-26)9-12-27(13-10-23)21-14-19(22(24)28)8-11-25-21/h3-8,11,14,20H,2,9-10,12-13,15-17H2,1H3,(H2,24,28)/t20-/m0/s1. The number of carbonyl (C=O) groups excluding carboxylic acids is 1. The summed E-state index contributed by atoms with van der Waals surface area (Å²) in [5, 5.41) is 0. The zero-order valence-electron chi connectivity index (χ0n) is 16.7. The van der Waals surface area contributed by atoms with E-state index in [2.05, 4.69) is 52.0 Å². The minimum absolute atomic E-state index is 0.368. The Hall–Kier alpha value is -2.40. The summed E-state index contributed by atoms with van der Waals surface area (Å²) in [6.45, 7) is 7.69. The maximum absolute atomic E-state index is 11.5. The zero-order chi connectivity index (χ0) is 19.6. The van der Waals surface area contributed by atoms with Crippen LogP contribution in [0.15, 0.2) is 48.7 Å². The summed E-state index contributed by atoms with van der Waals surface area (Å²) in [5.74, 6) is 1.08. The number of pyridine rings is 1. The molecule has 5 heteroatoms. The summed E-state index contributed by atoms with van der Waals surface area (Å²) < 4.78 is 0. The maximum atomic E-state index is 11.5. The topological polar surface area (TPSA) is 62.5 Å². The predicted molar refractivity (Wildman–Crippen MR) is 113 cm³/mol. The fourth-order valence-electron chi connectivity index (χ4n) is 5.01. The summed E-state index contributed by atoms with van der Waals surface area (Å²) >= 11 is 0. The Morgan fingerprint density at radius 3 is 2.64 bits per heavy atom.